The number of rotatable bonds is 5. The molecule has 0 saturated carbocycles. The standard InChI is InChI=1S/C16H14NO5/c1-22-16(19)13-10-6-5-9-12(13)15(18)14(17(20)21)11-7-3-2-4-8-11/h2-10,14,20H,1H3/q-1/t14-/m1/s1. The number of Topliss-reactive ketones (excluding diaryl/α,β-unsaturated/α-hetero) is 1. The summed E-state index contributed by atoms with van der Waals surface area (Å²) in [5.41, 5.74) is 0.376. The van der Waals surface area contributed by atoms with Gasteiger partial charge in [-0.25, -0.2) is 10.0 Å². The molecule has 0 bridgehead atoms. The molecule has 2 aromatic carbocycles. The predicted octanol–water partition coefficient (Wildman–Crippen LogP) is 2.59. The van der Waals surface area contributed by atoms with E-state index in [1.807, 2.05) is 0 Å². The molecule has 6 heteroatoms. The lowest BCUT2D eigenvalue weighted by atomic mass is 9.94. The number of esters is 1. The zero-order valence-electron chi connectivity index (χ0n) is 11.8. The molecule has 0 saturated heterocycles. The SMILES string of the molecule is COC(=O)c1ccccc1C(=O)[C@@H](c1ccccc1)N([O-])O. The fourth-order valence-electron chi connectivity index (χ4n) is 2.15. The van der Waals surface area contributed by atoms with Crippen molar-refractivity contribution in [3.05, 3.63) is 76.5 Å². The van der Waals surface area contributed by atoms with Crippen LogP contribution in [0.15, 0.2) is 54.6 Å². The van der Waals surface area contributed by atoms with Gasteiger partial charge in [-0.3, -0.25) is 4.79 Å². The molecular formula is C16H14NO5-. The summed E-state index contributed by atoms with van der Waals surface area (Å²) in [5.74, 6) is -1.38. The molecule has 1 atom stereocenters. The van der Waals surface area contributed by atoms with E-state index in [1.54, 1.807) is 42.5 Å². The van der Waals surface area contributed by atoms with Gasteiger partial charge in [0.2, 0.25) is 0 Å². The molecule has 0 aliphatic heterocycles. The van der Waals surface area contributed by atoms with E-state index in [0.29, 0.717) is 5.56 Å². The summed E-state index contributed by atoms with van der Waals surface area (Å²) in [6.45, 7) is 0. The van der Waals surface area contributed by atoms with Gasteiger partial charge in [-0.05, 0) is 11.6 Å². The average molecular weight is 300 g/mol. The van der Waals surface area contributed by atoms with E-state index in [-0.39, 0.29) is 11.1 Å². The van der Waals surface area contributed by atoms with Crippen LogP contribution >= 0.6 is 0 Å². The Hall–Kier alpha value is -2.54. The summed E-state index contributed by atoms with van der Waals surface area (Å²) in [6, 6.07) is 12.6. The Labute approximate surface area is 127 Å². The van der Waals surface area contributed by atoms with Gasteiger partial charge in [0.25, 0.3) is 0 Å². The largest absolute Gasteiger partial charge is 0.761 e. The van der Waals surface area contributed by atoms with Crippen molar-refractivity contribution in [2.75, 3.05) is 7.11 Å². The van der Waals surface area contributed by atoms with Crippen molar-refractivity contribution in [2.45, 2.75) is 6.04 Å². The lowest BCUT2D eigenvalue weighted by Crippen LogP contribution is -2.28. The minimum atomic E-state index is -1.45. The van der Waals surface area contributed by atoms with Gasteiger partial charge in [0.1, 0.15) is 6.04 Å². The van der Waals surface area contributed by atoms with Gasteiger partial charge in [-0.15, -0.1) is 0 Å². The van der Waals surface area contributed by atoms with Gasteiger partial charge in [0.05, 0.1) is 12.7 Å². The number of hydrogen-bond donors (Lipinski definition) is 1. The first kappa shape index (κ1) is 15.8. The van der Waals surface area contributed by atoms with Crippen LogP contribution in [-0.4, -0.2) is 29.3 Å². The molecule has 2 rings (SSSR count). The van der Waals surface area contributed by atoms with Crippen molar-refractivity contribution in [3.8, 4) is 0 Å². The van der Waals surface area contributed by atoms with Gasteiger partial charge in [-0.1, -0.05) is 48.5 Å². The zero-order valence-corrected chi connectivity index (χ0v) is 11.8. The van der Waals surface area contributed by atoms with Crippen LogP contribution in [0.3, 0.4) is 0 Å². The smallest absolute Gasteiger partial charge is 0.338 e. The topological polar surface area (TPSA) is 89.9 Å². The number of ether oxygens (including phenoxy) is 1. The van der Waals surface area contributed by atoms with Crippen LogP contribution in [-0.2, 0) is 4.74 Å². The normalized spacial score (nSPS) is 12.0. The van der Waals surface area contributed by atoms with Crippen LogP contribution in [0.1, 0.15) is 32.3 Å². The second-order valence-electron chi connectivity index (χ2n) is 4.52. The molecule has 0 amide bonds. The molecule has 0 aliphatic rings. The van der Waals surface area contributed by atoms with Crippen molar-refractivity contribution < 1.29 is 19.5 Å². The van der Waals surface area contributed by atoms with Gasteiger partial charge in [0, 0.05) is 5.56 Å². The minimum absolute atomic E-state index is 0.0121. The van der Waals surface area contributed by atoms with Crippen LogP contribution in [0.5, 0.6) is 0 Å². The molecule has 114 valence electrons. The molecule has 6 nitrogen and oxygen atoms in total. The third-order valence-corrected chi connectivity index (χ3v) is 3.18. The van der Waals surface area contributed by atoms with Gasteiger partial charge in [0.15, 0.2) is 5.78 Å². The fraction of sp³-hybridized carbons (Fsp3) is 0.125. The van der Waals surface area contributed by atoms with Crippen LogP contribution in [0, 0.1) is 5.21 Å². The number of hydroxylamine groups is 2. The molecule has 0 unspecified atom stereocenters. The van der Waals surface area contributed by atoms with E-state index < -0.39 is 23.0 Å². The predicted molar refractivity (Wildman–Crippen MR) is 78.3 cm³/mol. The maximum Gasteiger partial charge on any atom is 0.338 e. The summed E-state index contributed by atoms with van der Waals surface area (Å²) in [7, 11) is 1.20. The Balaban J connectivity index is 2.47. The van der Waals surface area contributed by atoms with Crippen molar-refractivity contribution >= 4 is 11.8 Å². The first-order chi connectivity index (χ1) is 10.6. The minimum Gasteiger partial charge on any atom is -0.761 e. The summed E-state index contributed by atoms with van der Waals surface area (Å²) >= 11 is 0. The number of methoxy groups -OCH3 is 1. The van der Waals surface area contributed by atoms with Crippen molar-refractivity contribution in [1.82, 2.24) is 5.23 Å². The molecule has 2 aromatic rings. The number of ketones is 1. The highest BCUT2D eigenvalue weighted by atomic mass is 16.8. The Morgan fingerprint density at radius 1 is 1.05 bits per heavy atom. The van der Waals surface area contributed by atoms with E-state index in [9.17, 15) is 20.0 Å². The number of carbonyl (C=O) groups is 2. The fourth-order valence-corrected chi connectivity index (χ4v) is 2.15. The average Bonchev–Trinajstić information content (AvgIpc) is 2.55. The lowest BCUT2D eigenvalue weighted by molar-refractivity contribution is -0.0687. The second kappa shape index (κ2) is 6.95. The Bertz CT molecular complexity index is 669. The van der Waals surface area contributed by atoms with Gasteiger partial charge >= 0.3 is 5.97 Å². The molecular weight excluding hydrogens is 286 g/mol. The monoisotopic (exact) mass is 300 g/mol. The maximum absolute atomic E-state index is 12.6. The molecule has 0 aromatic heterocycles. The number of carbonyl (C=O) groups excluding carboxylic acids is 2. The second-order valence-corrected chi connectivity index (χ2v) is 4.52. The van der Waals surface area contributed by atoms with E-state index in [0.717, 1.165) is 0 Å². The van der Waals surface area contributed by atoms with Crippen molar-refractivity contribution in [2.24, 2.45) is 0 Å². The van der Waals surface area contributed by atoms with Gasteiger partial charge in [-0.2, -0.15) is 0 Å². The summed E-state index contributed by atoms with van der Waals surface area (Å²) in [5, 5.41) is 20.4. The Kier molecular flexibility index (Phi) is 5.00. The van der Waals surface area contributed by atoms with Crippen LogP contribution < -0.4 is 0 Å². The molecule has 0 heterocycles. The van der Waals surface area contributed by atoms with Crippen LogP contribution in [0.4, 0.5) is 0 Å². The first-order valence-electron chi connectivity index (χ1n) is 6.48. The third-order valence-electron chi connectivity index (χ3n) is 3.18. The van der Waals surface area contributed by atoms with Crippen molar-refractivity contribution in [3.63, 3.8) is 0 Å². The summed E-state index contributed by atoms with van der Waals surface area (Å²) < 4.78 is 4.63. The quantitative estimate of drug-likeness (QED) is 0.518. The van der Waals surface area contributed by atoms with Crippen LogP contribution in [0.2, 0.25) is 0 Å². The lowest BCUT2D eigenvalue weighted by Gasteiger charge is -2.30. The number of benzene rings is 2. The molecule has 0 spiro atoms. The maximum atomic E-state index is 12.6. The molecule has 0 fully saturated rings. The van der Waals surface area contributed by atoms with E-state index in [4.69, 9.17) is 0 Å². The first-order valence-corrected chi connectivity index (χ1v) is 6.48. The highest BCUT2D eigenvalue weighted by Crippen LogP contribution is 2.25. The summed E-state index contributed by atoms with van der Waals surface area (Å²) in [4.78, 5) is 24.4. The zero-order chi connectivity index (χ0) is 16.1. The Morgan fingerprint density at radius 3 is 2.14 bits per heavy atom. The van der Waals surface area contributed by atoms with E-state index in [1.165, 1.54) is 19.2 Å². The third kappa shape index (κ3) is 3.20. The molecule has 22 heavy (non-hydrogen) atoms. The summed E-state index contributed by atoms with van der Waals surface area (Å²) in [6.07, 6.45) is 0. The van der Waals surface area contributed by atoms with E-state index in [2.05, 4.69) is 4.74 Å². The molecule has 0 radical (unpaired) electrons. The highest BCUT2D eigenvalue weighted by molar-refractivity contribution is 6.08. The number of nitrogens with zero attached hydrogens (tertiary/aromatic N) is 1. The molecule has 0 aliphatic carbocycles. The van der Waals surface area contributed by atoms with Crippen LogP contribution in [0.25, 0.3) is 0 Å². The molecule has 1 N–H and O–H groups in total. The van der Waals surface area contributed by atoms with E-state index >= 15 is 0 Å². The van der Waals surface area contributed by atoms with Gasteiger partial charge < -0.3 is 15.2 Å². The highest BCUT2D eigenvalue weighted by Gasteiger charge is 2.26. The Morgan fingerprint density at radius 2 is 1.59 bits per heavy atom. The number of hydrogen-bond acceptors (Lipinski definition) is 6. The van der Waals surface area contributed by atoms with Crippen molar-refractivity contribution in [1.29, 1.82) is 0 Å².